The van der Waals surface area contributed by atoms with Gasteiger partial charge in [0.05, 0.1) is 24.9 Å². The highest BCUT2D eigenvalue weighted by atomic mass is 35.5. The first-order valence-corrected chi connectivity index (χ1v) is 6.84. The van der Waals surface area contributed by atoms with Crippen molar-refractivity contribution in [1.29, 1.82) is 0 Å². The lowest BCUT2D eigenvalue weighted by molar-refractivity contribution is 0.00477. The number of aromatic nitrogens is 2. The van der Waals surface area contributed by atoms with Gasteiger partial charge in [0, 0.05) is 12.4 Å². The van der Waals surface area contributed by atoms with Gasteiger partial charge in [-0.1, -0.05) is 11.4 Å². The van der Waals surface area contributed by atoms with Crippen molar-refractivity contribution in [3.63, 3.8) is 0 Å². The molecule has 1 aromatic rings. The van der Waals surface area contributed by atoms with Crippen LogP contribution in [0.15, 0.2) is 0 Å². The Bertz CT molecular complexity index is 399. The van der Waals surface area contributed by atoms with Crippen LogP contribution in [0, 0.1) is 0 Å². The molecule has 1 unspecified atom stereocenters. The van der Waals surface area contributed by atoms with Crippen LogP contribution < -0.4 is 0 Å². The second-order valence-corrected chi connectivity index (χ2v) is 4.85. The van der Waals surface area contributed by atoms with E-state index in [0.29, 0.717) is 36.9 Å². The number of aryl methyl sites for hydroxylation is 1. The van der Waals surface area contributed by atoms with E-state index in [1.54, 1.807) is 4.90 Å². The first-order valence-electron chi connectivity index (χ1n) is 5.53. The van der Waals surface area contributed by atoms with E-state index in [9.17, 15) is 4.79 Å². The summed E-state index contributed by atoms with van der Waals surface area (Å²) in [6.07, 6.45) is 0.716. The third-order valence-corrected chi connectivity index (χ3v) is 3.86. The standard InChI is InChI=1S/C10H14ClN3O2S/c1-2-8-9(17-13-12-8)10(15)14-3-4-16-6-7(14)5-11/h7H,2-6H2,1H3. The van der Waals surface area contributed by atoms with Crippen LogP contribution in [0.3, 0.4) is 0 Å². The quantitative estimate of drug-likeness (QED) is 0.778. The number of rotatable bonds is 3. The number of carbonyl (C=O) groups is 1. The maximum absolute atomic E-state index is 12.4. The fraction of sp³-hybridized carbons (Fsp3) is 0.700. The summed E-state index contributed by atoms with van der Waals surface area (Å²) in [6.45, 7) is 3.61. The Morgan fingerprint density at radius 2 is 2.53 bits per heavy atom. The van der Waals surface area contributed by atoms with Crippen molar-refractivity contribution >= 4 is 29.0 Å². The zero-order chi connectivity index (χ0) is 12.3. The van der Waals surface area contributed by atoms with E-state index >= 15 is 0 Å². The molecular weight excluding hydrogens is 262 g/mol. The molecule has 7 heteroatoms. The summed E-state index contributed by atoms with van der Waals surface area (Å²) < 4.78 is 9.16. The summed E-state index contributed by atoms with van der Waals surface area (Å²) in [5, 5.41) is 3.96. The molecule has 5 nitrogen and oxygen atoms in total. The normalized spacial score (nSPS) is 20.6. The van der Waals surface area contributed by atoms with Crippen LogP contribution >= 0.6 is 23.1 Å². The van der Waals surface area contributed by atoms with Gasteiger partial charge in [-0.25, -0.2) is 0 Å². The molecule has 2 rings (SSSR count). The van der Waals surface area contributed by atoms with Gasteiger partial charge in [0.15, 0.2) is 0 Å². The van der Waals surface area contributed by atoms with E-state index in [1.807, 2.05) is 6.92 Å². The topological polar surface area (TPSA) is 55.3 Å². The molecule has 17 heavy (non-hydrogen) atoms. The molecule has 2 heterocycles. The molecule has 0 radical (unpaired) electrons. The van der Waals surface area contributed by atoms with E-state index in [2.05, 4.69) is 9.59 Å². The summed E-state index contributed by atoms with van der Waals surface area (Å²) >= 11 is 7.00. The van der Waals surface area contributed by atoms with Gasteiger partial charge in [-0.2, -0.15) is 0 Å². The highest BCUT2D eigenvalue weighted by Crippen LogP contribution is 2.18. The van der Waals surface area contributed by atoms with Crippen molar-refractivity contribution in [2.75, 3.05) is 25.6 Å². The van der Waals surface area contributed by atoms with Crippen LogP contribution in [0.2, 0.25) is 0 Å². The highest BCUT2D eigenvalue weighted by Gasteiger charge is 2.29. The van der Waals surface area contributed by atoms with E-state index in [4.69, 9.17) is 16.3 Å². The second-order valence-electron chi connectivity index (χ2n) is 3.78. The summed E-state index contributed by atoms with van der Waals surface area (Å²) in [5.74, 6) is 0.366. The monoisotopic (exact) mass is 275 g/mol. The molecule has 94 valence electrons. The van der Waals surface area contributed by atoms with Crippen molar-refractivity contribution in [1.82, 2.24) is 14.5 Å². The third-order valence-electron chi connectivity index (χ3n) is 2.75. The first kappa shape index (κ1) is 12.7. The third kappa shape index (κ3) is 2.59. The zero-order valence-corrected chi connectivity index (χ0v) is 11.1. The molecule has 0 bridgehead atoms. The minimum absolute atomic E-state index is 0.0224. The van der Waals surface area contributed by atoms with Crippen LogP contribution in [0.5, 0.6) is 0 Å². The van der Waals surface area contributed by atoms with Crippen molar-refractivity contribution < 1.29 is 9.53 Å². The van der Waals surface area contributed by atoms with E-state index in [0.717, 1.165) is 17.2 Å². The van der Waals surface area contributed by atoms with Crippen molar-refractivity contribution in [2.24, 2.45) is 0 Å². The van der Waals surface area contributed by atoms with Gasteiger partial charge in [0.1, 0.15) is 4.88 Å². The lowest BCUT2D eigenvalue weighted by Gasteiger charge is -2.34. The minimum Gasteiger partial charge on any atom is -0.377 e. The summed E-state index contributed by atoms with van der Waals surface area (Å²) in [5.41, 5.74) is 0.764. The number of hydrogen-bond donors (Lipinski definition) is 0. The molecule has 0 aliphatic carbocycles. The lowest BCUT2D eigenvalue weighted by Crippen LogP contribution is -2.49. The number of amides is 1. The maximum atomic E-state index is 12.4. The second kappa shape index (κ2) is 5.75. The summed E-state index contributed by atoms with van der Waals surface area (Å²) in [6, 6.07) is -0.0512. The fourth-order valence-electron chi connectivity index (χ4n) is 1.78. The number of nitrogens with zero attached hydrogens (tertiary/aromatic N) is 3. The largest absolute Gasteiger partial charge is 0.377 e. The molecule has 1 atom stereocenters. The van der Waals surface area contributed by atoms with Gasteiger partial charge in [-0.3, -0.25) is 4.79 Å². The molecule has 1 aliphatic rings. The van der Waals surface area contributed by atoms with Gasteiger partial charge in [-0.05, 0) is 18.0 Å². The van der Waals surface area contributed by atoms with E-state index < -0.39 is 0 Å². The number of alkyl halides is 1. The molecule has 0 N–H and O–H groups in total. The number of halogens is 1. The maximum Gasteiger partial charge on any atom is 0.267 e. The number of carbonyl (C=O) groups excluding carboxylic acids is 1. The molecule has 0 spiro atoms. The molecule has 1 aliphatic heterocycles. The predicted octanol–water partition coefficient (Wildman–Crippen LogP) is 1.18. The van der Waals surface area contributed by atoms with Crippen LogP contribution in [-0.2, 0) is 11.2 Å². The molecule has 1 saturated heterocycles. The Labute approximate surface area is 109 Å². The van der Waals surface area contributed by atoms with E-state index in [1.165, 1.54) is 0 Å². The van der Waals surface area contributed by atoms with Crippen LogP contribution in [0.1, 0.15) is 22.3 Å². The summed E-state index contributed by atoms with van der Waals surface area (Å²) in [4.78, 5) is 14.7. The fourth-order valence-corrected chi connectivity index (χ4v) is 2.75. The Morgan fingerprint density at radius 3 is 3.24 bits per heavy atom. The minimum atomic E-state index is -0.0512. The zero-order valence-electron chi connectivity index (χ0n) is 9.56. The summed E-state index contributed by atoms with van der Waals surface area (Å²) in [7, 11) is 0. The number of ether oxygens (including phenoxy) is 1. The molecule has 0 aromatic carbocycles. The van der Waals surface area contributed by atoms with Gasteiger partial charge in [-0.15, -0.1) is 16.7 Å². The average Bonchev–Trinajstić information content (AvgIpc) is 2.86. The molecular formula is C10H14ClN3O2S. The predicted molar refractivity (Wildman–Crippen MR) is 65.7 cm³/mol. The Hall–Kier alpha value is -0.720. The Kier molecular flexibility index (Phi) is 4.31. The number of hydrogen-bond acceptors (Lipinski definition) is 5. The van der Waals surface area contributed by atoms with Crippen molar-refractivity contribution in [3.8, 4) is 0 Å². The van der Waals surface area contributed by atoms with Crippen LogP contribution in [-0.4, -0.2) is 52.1 Å². The van der Waals surface area contributed by atoms with Gasteiger partial charge in [0.25, 0.3) is 5.91 Å². The molecule has 1 aromatic heterocycles. The Morgan fingerprint density at radius 1 is 1.71 bits per heavy atom. The molecule has 0 saturated carbocycles. The number of morpholine rings is 1. The molecule has 1 fully saturated rings. The lowest BCUT2D eigenvalue weighted by atomic mass is 10.2. The van der Waals surface area contributed by atoms with Crippen LogP contribution in [0.25, 0.3) is 0 Å². The van der Waals surface area contributed by atoms with Gasteiger partial charge < -0.3 is 9.64 Å². The molecule has 1 amide bonds. The highest BCUT2D eigenvalue weighted by molar-refractivity contribution is 7.08. The van der Waals surface area contributed by atoms with Gasteiger partial charge in [0.2, 0.25) is 0 Å². The Balaban J connectivity index is 2.18. The van der Waals surface area contributed by atoms with Crippen LogP contribution in [0.4, 0.5) is 0 Å². The van der Waals surface area contributed by atoms with Gasteiger partial charge >= 0.3 is 0 Å². The smallest absolute Gasteiger partial charge is 0.267 e. The van der Waals surface area contributed by atoms with Crippen molar-refractivity contribution in [3.05, 3.63) is 10.6 Å². The van der Waals surface area contributed by atoms with Crippen molar-refractivity contribution in [2.45, 2.75) is 19.4 Å². The first-order chi connectivity index (χ1) is 8.27. The average molecular weight is 276 g/mol. The van der Waals surface area contributed by atoms with E-state index in [-0.39, 0.29) is 11.9 Å². The SMILES string of the molecule is CCc1nnsc1C(=O)N1CCOCC1CCl.